The van der Waals surface area contributed by atoms with Crippen LogP contribution < -0.4 is 20.9 Å². The number of carbonyl (C=O) groups excluding carboxylic acids is 4. The summed E-state index contributed by atoms with van der Waals surface area (Å²) in [5, 5.41) is 16.4. The predicted molar refractivity (Wildman–Crippen MR) is 229 cm³/mol. The minimum atomic E-state index is -3.17. The summed E-state index contributed by atoms with van der Waals surface area (Å²) in [6.07, 6.45) is 2.67. The zero-order valence-electron chi connectivity index (χ0n) is 35.6. The zero-order chi connectivity index (χ0) is 45.2. The van der Waals surface area contributed by atoms with Gasteiger partial charge in [0, 0.05) is 74.7 Å². The molecule has 4 amide bonds. The predicted octanol–water partition coefficient (Wildman–Crippen LogP) is 5.87. The van der Waals surface area contributed by atoms with Crippen molar-refractivity contribution in [3.05, 3.63) is 93.6 Å². The molecule has 7 rings (SSSR count). The maximum atomic E-state index is 15.7. The lowest BCUT2D eigenvalue weighted by Gasteiger charge is -2.39. The molecule has 2 fully saturated rings. The lowest BCUT2D eigenvalue weighted by molar-refractivity contribution is -0.134. The monoisotopic (exact) mass is 873 g/mol. The van der Waals surface area contributed by atoms with E-state index in [1.165, 1.54) is 16.8 Å². The van der Waals surface area contributed by atoms with Crippen molar-refractivity contribution in [2.24, 2.45) is 16.8 Å². The van der Waals surface area contributed by atoms with Gasteiger partial charge < -0.3 is 30.6 Å². The minimum absolute atomic E-state index is 0.0117. The quantitative estimate of drug-likeness (QED) is 0.116. The molecule has 0 spiro atoms. The molecule has 3 atom stereocenters. The number of anilines is 2. The molecule has 2 saturated heterocycles. The van der Waals surface area contributed by atoms with Crippen molar-refractivity contribution in [3.8, 4) is 0 Å². The van der Waals surface area contributed by atoms with E-state index in [1.807, 2.05) is 4.90 Å². The number of likely N-dealkylation sites (tertiary alicyclic amines) is 1. The number of fused-ring (bicyclic) bond motifs is 5. The summed E-state index contributed by atoms with van der Waals surface area (Å²) in [6.45, 7) is 4.18. The molecule has 1 unspecified atom stereocenters. The Morgan fingerprint density at radius 1 is 1.08 bits per heavy atom. The Labute approximate surface area is 362 Å². The Morgan fingerprint density at radius 3 is 2.54 bits per heavy atom. The highest BCUT2D eigenvalue weighted by atomic mass is 19.3. The number of rotatable bonds is 9. The van der Waals surface area contributed by atoms with Gasteiger partial charge in [-0.1, -0.05) is 6.92 Å². The van der Waals surface area contributed by atoms with Crippen molar-refractivity contribution in [2.45, 2.75) is 64.2 Å². The van der Waals surface area contributed by atoms with E-state index in [-0.39, 0.29) is 73.9 Å². The molecular formula is C45H51F4N9O5. The summed E-state index contributed by atoms with van der Waals surface area (Å²) in [5.74, 6) is -8.85. The summed E-state index contributed by atoms with van der Waals surface area (Å²) >= 11 is 0. The van der Waals surface area contributed by atoms with Gasteiger partial charge in [-0.25, -0.2) is 17.6 Å². The number of allylic oxidation sites excluding steroid dienone is 1. The SMILES string of the molecule is CN/C1=C(\C=N)c2cc(cc(C)n2)C(=O)/N=C2\Nc3ccc(C(=O)N(C)CC4CCN(CCc5cc(F)c([C@H]6CCC(=O)NC6=O)c(F)c5)CC4(F)F)cc3N2C[C@H](C)CCCO1. The van der Waals surface area contributed by atoms with Gasteiger partial charge in [-0.15, -0.1) is 0 Å². The van der Waals surface area contributed by atoms with Crippen LogP contribution in [0.2, 0.25) is 0 Å². The smallest absolute Gasteiger partial charge is 0.280 e. The summed E-state index contributed by atoms with van der Waals surface area (Å²) in [7, 11) is 3.18. The first-order valence-electron chi connectivity index (χ1n) is 21.1. The number of guanidine groups is 1. The molecule has 4 aliphatic rings. The maximum absolute atomic E-state index is 15.7. The van der Waals surface area contributed by atoms with E-state index in [4.69, 9.17) is 10.1 Å². The molecular weight excluding hydrogens is 823 g/mol. The van der Waals surface area contributed by atoms with Gasteiger partial charge in [0.25, 0.3) is 17.7 Å². The first kappa shape index (κ1) is 44.9. The van der Waals surface area contributed by atoms with E-state index in [1.54, 1.807) is 44.3 Å². The van der Waals surface area contributed by atoms with E-state index >= 15 is 17.6 Å². The summed E-state index contributed by atoms with van der Waals surface area (Å²) in [6, 6.07) is 10.4. The fourth-order valence-corrected chi connectivity index (χ4v) is 8.68. The number of nitrogens with one attached hydrogen (secondary N) is 4. The molecule has 18 heteroatoms. The van der Waals surface area contributed by atoms with Gasteiger partial charge in [-0.3, -0.25) is 34.4 Å². The number of benzene rings is 2. The van der Waals surface area contributed by atoms with Crippen molar-refractivity contribution in [1.82, 2.24) is 25.4 Å². The molecule has 0 radical (unpaired) electrons. The number of aliphatic imine (C=N–C) groups is 1. The van der Waals surface area contributed by atoms with Crippen LogP contribution in [0.1, 0.15) is 88.2 Å². The Balaban J connectivity index is 1.02. The van der Waals surface area contributed by atoms with Crippen LogP contribution in [-0.2, 0) is 20.7 Å². The molecule has 63 heavy (non-hydrogen) atoms. The number of alkyl halides is 2. The summed E-state index contributed by atoms with van der Waals surface area (Å²) in [4.78, 5) is 65.1. The van der Waals surface area contributed by atoms with Gasteiger partial charge in [0.05, 0.1) is 41.7 Å². The normalized spacial score (nSPS) is 23.7. The molecule has 5 heterocycles. The average molecular weight is 874 g/mol. The number of aryl methyl sites for hydroxylation is 1. The summed E-state index contributed by atoms with van der Waals surface area (Å²) in [5.41, 5.74) is 2.90. The molecule has 4 aliphatic heterocycles. The number of amides is 4. The van der Waals surface area contributed by atoms with Gasteiger partial charge in [-0.05, 0) is 99.5 Å². The number of hydrogen-bond acceptors (Lipinski definition) is 11. The van der Waals surface area contributed by atoms with E-state index in [9.17, 15) is 19.2 Å². The van der Waals surface area contributed by atoms with Crippen molar-refractivity contribution in [3.63, 3.8) is 0 Å². The van der Waals surface area contributed by atoms with E-state index in [0.29, 0.717) is 53.8 Å². The standard InChI is InChI=1S/C45H51F4N9O5/c1-25-6-5-15-63-42(51-3)32(21-50)36-19-29(16-26(2)52-36)40(60)55-44-53-35-9-7-28(20-37(35)58(44)22-25)43(62)56(4)23-30-12-14-57(24-45(30,48)49)13-11-27-17-33(46)39(34(47)18-27)31-8-10-38(59)54-41(31)61/h7,9,16-21,25,30-31,50-51H,5-6,8,10-15,22-24H2,1-4H3,(H,53,55,60)(H,54,59,61)/b42-32-,50-21?/t25-,30?,31-/m1/s1. The third-order valence-corrected chi connectivity index (χ3v) is 12.0. The number of piperidine rings is 2. The van der Waals surface area contributed by atoms with Crippen LogP contribution in [0.25, 0.3) is 5.57 Å². The topological polar surface area (TPSA) is 172 Å². The molecule has 334 valence electrons. The Hall–Kier alpha value is -6.17. The number of aromatic nitrogens is 1. The zero-order valence-corrected chi connectivity index (χ0v) is 35.6. The van der Waals surface area contributed by atoms with Crippen LogP contribution >= 0.6 is 0 Å². The molecule has 1 aromatic heterocycles. The van der Waals surface area contributed by atoms with Crippen molar-refractivity contribution >= 4 is 52.8 Å². The van der Waals surface area contributed by atoms with Crippen LogP contribution in [0, 0.1) is 35.8 Å². The Kier molecular flexibility index (Phi) is 13.3. The van der Waals surface area contributed by atoms with Crippen LogP contribution in [0.5, 0.6) is 0 Å². The third-order valence-electron chi connectivity index (χ3n) is 12.0. The van der Waals surface area contributed by atoms with Crippen LogP contribution in [-0.4, -0.2) is 110 Å². The second-order valence-electron chi connectivity index (χ2n) is 16.8. The van der Waals surface area contributed by atoms with Gasteiger partial charge in [-0.2, -0.15) is 4.99 Å². The molecule has 0 aliphatic carbocycles. The van der Waals surface area contributed by atoms with Gasteiger partial charge in [0.2, 0.25) is 17.8 Å². The lowest BCUT2D eigenvalue weighted by Crippen LogP contribution is -2.52. The fourth-order valence-electron chi connectivity index (χ4n) is 8.68. The molecule has 4 N–H and O–H groups in total. The second kappa shape index (κ2) is 18.7. The molecule has 3 aromatic rings. The third kappa shape index (κ3) is 9.90. The van der Waals surface area contributed by atoms with Crippen molar-refractivity contribution in [1.29, 1.82) is 5.41 Å². The van der Waals surface area contributed by atoms with Crippen LogP contribution in [0.15, 0.2) is 53.3 Å². The number of halogens is 4. The van der Waals surface area contributed by atoms with E-state index < -0.39 is 65.1 Å². The van der Waals surface area contributed by atoms with Crippen molar-refractivity contribution < 1.29 is 41.5 Å². The number of pyridine rings is 1. The highest BCUT2D eigenvalue weighted by Gasteiger charge is 2.45. The molecule has 2 bridgehead atoms. The fraction of sp³-hybridized carbons (Fsp3) is 0.444. The molecule has 14 nitrogen and oxygen atoms in total. The van der Waals surface area contributed by atoms with Crippen LogP contribution in [0.4, 0.5) is 28.9 Å². The minimum Gasteiger partial charge on any atom is -0.479 e. The summed E-state index contributed by atoms with van der Waals surface area (Å²) < 4.78 is 67.7. The lowest BCUT2D eigenvalue weighted by atomic mass is 9.88. The van der Waals surface area contributed by atoms with Gasteiger partial charge in [0.1, 0.15) is 11.6 Å². The van der Waals surface area contributed by atoms with Gasteiger partial charge in [0.15, 0.2) is 5.88 Å². The first-order chi connectivity index (χ1) is 30.0. The maximum Gasteiger partial charge on any atom is 0.280 e. The van der Waals surface area contributed by atoms with Crippen molar-refractivity contribution in [2.75, 3.05) is 63.6 Å². The molecule has 0 saturated carbocycles. The van der Waals surface area contributed by atoms with E-state index in [0.717, 1.165) is 24.8 Å². The van der Waals surface area contributed by atoms with E-state index in [2.05, 4.69) is 32.9 Å². The number of nitrogens with zero attached hydrogens (tertiary/aromatic N) is 5. The number of hydrogen-bond donors (Lipinski definition) is 4. The number of imide groups is 1. The van der Waals surface area contributed by atoms with Crippen LogP contribution in [0.3, 0.4) is 0 Å². The number of ether oxygens (including phenoxy) is 1. The average Bonchev–Trinajstić information content (AvgIpc) is 3.56. The molecule has 2 aromatic carbocycles. The first-order valence-corrected chi connectivity index (χ1v) is 21.1. The second-order valence-corrected chi connectivity index (χ2v) is 16.8. The highest BCUT2D eigenvalue weighted by molar-refractivity contribution is 6.20. The largest absolute Gasteiger partial charge is 0.479 e. The number of carbonyl (C=O) groups is 4. The Bertz CT molecular complexity index is 2370. The Morgan fingerprint density at radius 2 is 1.84 bits per heavy atom. The van der Waals surface area contributed by atoms with Gasteiger partial charge >= 0.3 is 0 Å². The highest BCUT2D eigenvalue weighted by Crippen LogP contribution is 2.37.